The van der Waals surface area contributed by atoms with E-state index in [0.29, 0.717) is 42.4 Å². The van der Waals surface area contributed by atoms with E-state index < -0.39 is 17.6 Å². The van der Waals surface area contributed by atoms with Crippen LogP contribution in [0.4, 0.5) is 0 Å². The molecule has 2 saturated heterocycles. The number of nitrogens with zero attached hydrogens (tertiary/aromatic N) is 3. The van der Waals surface area contributed by atoms with Crippen molar-refractivity contribution in [1.82, 2.24) is 20.1 Å². The molecule has 2 fully saturated rings. The fourth-order valence-electron chi connectivity index (χ4n) is 10.9. The van der Waals surface area contributed by atoms with Crippen LogP contribution >= 0.6 is 11.8 Å². The third kappa shape index (κ3) is 4.31. The number of phenolic OH excluding ortho intramolecular Hbond substituents is 1. The van der Waals surface area contributed by atoms with Crippen molar-refractivity contribution in [3.8, 4) is 29.1 Å². The summed E-state index contributed by atoms with van der Waals surface area (Å²) in [7, 11) is 3.67. The Balaban J connectivity index is 1.23. The monoisotopic (exact) mass is 748 g/mol. The number of ether oxygens (including phenoxy) is 4. The average Bonchev–Trinajstić information content (AvgIpc) is 3.81. The summed E-state index contributed by atoms with van der Waals surface area (Å²) in [5.74, 6) is 1.90. The van der Waals surface area contributed by atoms with Crippen molar-refractivity contribution >= 4 is 28.6 Å². The molecule has 8 heterocycles. The maximum atomic E-state index is 15.0. The summed E-state index contributed by atoms with van der Waals surface area (Å²) in [5.41, 5.74) is 14.8. The Morgan fingerprint density at radius 3 is 2.69 bits per heavy atom. The molecule has 3 aromatic carbocycles. The van der Waals surface area contributed by atoms with E-state index in [2.05, 4.69) is 59.2 Å². The Labute approximate surface area is 317 Å². The number of aromatic hydroxyl groups is 1. The van der Waals surface area contributed by atoms with E-state index in [9.17, 15) is 15.2 Å². The molecule has 1 aromatic heterocycles. The molecular formula is C41H44N6O6S. The Bertz CT molecular complexity index is 2320. The lowest BCUT2D eigenvalue weighted by Gasteiger charge is -2.62. The number of carbonyl (C=O) groups excluding carboxylic acids is 1. The van der Waals surface area contributed by atoms with E-state index in [4.69, 9.17) is 24.7 Å². The van der Waals surface area contributed by atoms with Crippen molar-refractivity contribution < 1.29 is 28.8 Å². The molecule has 8 atom stereocenters. The molecule has 4 bridgehead atoms. The highest BCUT2D eigenvalue weighted by Gasteiger charge is 2.61. The van der Waals surface area contributed by atoms with Crippen molar-refractivity contribution in [2.24, 2.45) is 5.73 Å². The van der Waals surface area contributed by atoms with Gasteiger partial charge in [0.25, 0.3) is 0 Å². The number of likely N-dealkylation sites (N-methyl/N-ethyl adjacent to an activating group) is 1. The second-order valence-corrected chi connectivity index (χ2v) is 16.9. The maximum absolute atomic E-state index is 15.0. The number of aryl methyl sites for hydroxylation is 1. The second kappa shape index (κ2) is 12.0. The Morgan fingerprint density at radius 2 is 1.91 bits per heavy atom. The van der Waals surface area contributed by atoms with Crippen LogP contribution in [0.25, 0.3) is 10.9 Å². The van der Waals surface area contributed by atoms with Gasteiger partial charge in [-0.2, -0.15) is 5.26 Å². The van der Waals surface area contributed by atoms with Gasteiger partial charge >= 0.3 is 5.97 Å². The lowest BCUT2D eigenvalue weighted by molar-refractivity contribution is -0.158. The molecular weight excluding hydrogens is 705 g/mol. The van der Waals surface area contributed by atoms with Gasteiger partial charge in [-0.25, -0.2) is 4.79 Å². The molecule has 54 heavy (non-hydrogen) atoms. The van der Waals surface area contributed by atoms with Gasteiger partial charge in [0.15, 0.2) is 28.5 Å². The van der Waals surface area contributed by atoms with Crippen LogP contribution in [-0.2, 0) is 27.9 Å². The van der Waals surface area contributed by atoms with E-state index in [1.54, 1.807) is 18.9 Å². The van der Waals surface area contributed by atoms with Gasteiger partial charge in [-0.05, 0) is 80.1 Å². The molecule has 0 radical (unpaired) electrons. The molecule has 0 amide bonds. The summed E-state index contributed by atoms with van der Waals surface area (Å²) in [4.78, 5) is 23.2. The quantitative estimate of drug-likeness (QED) is 0.214. The van der Waals surface area contributed by atoms with Crippen LogP contribution < -0.4 is 25.3 Å². The molecule has 280 valence electrons. The summed E-state index contributed by atoms with van der Waals surface area (Å²) < 4.78 is 24.8. The second-order valence-electron chi connectivity index (χ2n) is 15.7. The van der Waals surface area contributed by atoms with E-state index in [-0.39, 0.29) is 54.5 Å². The molecule has 12 nitrogen and oxygen atoms in total. The number of carbonyl (C=O) groups is 1. The minimum atomic E-state index is -1.23. The number of piperazine rings is 1. The molecule has 7 aliphatic heterocycles. The van der Waals surface area contributed by atoms with Gasteiger partial charge in [-0.15, -0.1) is 11.8 Å². The standard InChI is InChI=1S/C41H44N6O6S/c1-18-10-21-11-26-27(14-43)47-28-15-51-40(49)41(39-24(12-22(13-42)45-41)23-8-6-7-9-25(23)44-39)16-54-38(29-19(2)20(3)36-37(31(28)29)53-17-52-36)33(47)32(46(26)4)30(21)34(48)35(18)50-5/h6-10,22,26-28,32-33,38,44-45,48H,11-13,15-17,42H2,1-5H3/t22-,26+,27+,28+,32-,33-,38-,41-/m1/s1. The molecule has 0 aliphatic carbocycles. The number of H-pyrrole nitrogens is 1. The number of benzene rings is 3. The number of hydrogen-bond acceptors (Lipinski definition) is 12. The van der Waals surface area contributed by atoms with Crippen LogP contribution in [0.5, 0.6) is 23.0 Å². The van der Waals surface area contributed by atoms with Crippen LogP contribution in [0.2, 0.25) is 0 Å². The molecule has 11 rings (SSSR count). The van der Waals surface area contributed by atoms with Gasteiger partial charge in [-0.3, -0.25) is 15.1 Å². The van der Waals surface area contributed by atoms with Gasteiger partial charge in [0.05, 0.1) is 31.0 Å². The first-order valence-electron chi connectivity index (χ1n) is 18.7. The highest BCUT2D eigenvalue weighted by atomic mass is 32.2. The SMILES string of the molecule is COc1c(C)cc2c(c1O)[C@@H]1[C@@H]3[C@@H]4SC[C@]5(N[C@@H](CN)Cc6c5[nH]c5ccccc65)C(=O)OC[C@@H](c5c6c(c(C)c(C)c54)OCO6)N3[C@@H](C#N)[C@H](C2)N1C. The number of hydrogen-bond donors (Lipinski definition) is 4. The molecule has 1 spiro atoms. The number of rotatable bonds is 2. The molecule has 5 N–H and O–H groups in total. The van der Waals surface area contributed by atoms with Gasteiger partial charge in [0.2, 0.25) is 6.79 Å². The summed E-state index contributed by atoms with van der Waals surface area (Å²) >= 11 is 1.69. The number of methoxy groups -OCH3 is 1. The summed E-state index contributed by atoms with van der Waals surface area (Å²) in [5, 5.41) is 27.7. The smallest absolute Gasteiger partial charge is 0.333 e. The predicted molar refractivity (Wildman–Crippen MR) is 203 cm³/mol. The normalized spacial score (nSPS) is 31.0. The number of esters is 1. The van der Waals surface area contributed by atoms with E-state index in [1.165, 1.54) is 0 Å². The van der Waals surface area contributed by atoms with Crippen LogP contribution in [0.1, 0.15) is 67.5 Å². The molecule has 13 heteroatoms. The van der Waals surface area contributed by atoms with E-state index >= 15 is 0 Å². The average molecular weight is 749 g/mol. The van der Waals surface area contributed by atoms with Crippen molar-refractivity contribution in [3.63, 3.8) is 0 Å². The van der Waals surface area contributed by atoms with Gasteiger partial charge in [-0.1, -0.05) is 24.3 Å². The number of nitriles is 1. The minimum absolute atomic E-state index is 0.0122. The van der Waals surface area contributed by atoms with E-state index in [1.807, 2.05) is 25.1 Å². The molecule has 0 unspecified atom stereocenters. The number of aromatic amines is 1. The van der Waals surface area contributed by atoms with E-state index in [0.717, 1.165) is 61.1 Å². The van der Waals surface area contributed by atoms with Crippen molar-refractivity contribution in [2.75, 3.05) is 39.9 Å². The van der Waals surface area contributed by atoms with Gasteiger partial charge < -0.3 is 34.8 Å². The fourth-order valence-corrected chi connectivity index (χ4v) is 12.6. The first kappa shape index (κ1) is 34.1. The minimum Gasteiger partial charge on any atom is -0.504 e. The highest BCUT2D eigenvalue weighted by molar-refractivity contribution is 7.99. The Kier molecular flexibility index (Phi) is 7.59. The highest BCUT2D eigenvalue weighted by Crippen LogP contribution is 2.63. The van der Waals surface area contributed by atoms with Crippen molar-refractivity contribution in [3.05, 3.63) is 80.5 Å². The number of aromatic nitrogens is 1. The Hall–Kier alpha value is -4.45. The first-order valence-corrected chi connectivity index (χ1v) is 19.8. The van der Waals surface area contributed by atoms with Gasteiger partial charge in [0, 0.05) is 57.7 Å². The molecule has 7 aliphatic rings. The Morgan fingerprint density at radius 1 is 1.11 bits per heavy atom. The molecule has 4 aromatic rings. The van der Waals surface area contributed by atoms with Crippen molar-refractivity contribution in [2.45, 2.75) is 80.7 Å². The lowest BCUT2D eigenvalue weighted by atomic mass is 9.71. The predicted octanol–water partition coefficient (Wildman–Crippen LogP) is 4.46. The zero-order chi connectivity index (χ0) is 37.4. The van der Waals surface area contributed by atoms with Crippen LogP contribution in [0.3, 0.4) is 0 Å². The van der Waals surface area contributed by atoms with Crippen molar-refractivity contribution in [1.29, 1.82) is 5.26 Å². The topological polar surface area (TPSA) is 158 Å². The van der Waals surface area contributed by atoms with Crippen LogP contribution in [0, 0.1) is 32.1 Å². The lowest BCUT2D eigenvalue weighted by Crippen LogP contribution is -2.69. The third-order valence-electron chi connectivity index (χ3n) is 13.3. The van der Waals surface area contributed by atoms with Crippen LogP contribution in [0.15, 0.2) is 30.3 Å². The maximum Gasteiger partial charge on any atom is 0.333 e. The number of nitrogens with two attached hydrogens (primary N) is 1. The number of thioether (sulfide) groups is 1. The largest absolute Gasteiger partial charge is 0.504 e. The number of para-hydroxylation sites is 1. The fraction of sp³-hybridized carbons (Fsp3) is 0.463. The van der Waals surface area contributed by atoms with Gasteiger partial charge in [0.1, 0.15) is 12.6 Å². The number of nitrogens with one attached hydrogen (secondary N) is 2. The summed E-state index contributed by atoms with van der Waals surface area (Å²) in [6, 6.07) is 10.9. The first-order chi connectivity index (χ1) is 26.1. The zero-order valence-corrected chi connectivity index (χ0v) is 31.8. The zero-order valence-electron chi connectivity index (χ0n) is 31.0. The summed E-state index contributed by atoms with van der Waals surface area (Å²) in [6.45, 7) is 6.58. The van der Waals surface area contributed by atoms with Crippen LogP contribution in [-0.4, -0.2) is 89.9 Å². The number of fused-ring (bicyclic) bond motifs is 11. The number of phenols is 1. The summed E-state index contributed by atoms with van der Waals surface area (Å²) in [6.07, 6.45) is 1.25. The third-order valence-corrected chi connectivity index (χ3v) is 14.8. The molecule has 0 saturated carbocycles.